The molecule has 1 aromatic rings. The maximum Gasteiger partial charge on any atom is 0.330 e. The number of hydrogen-bond acceptors (Lipinski definition) is 4. The molecule has 1 atom stereocenters. The van der Waals surface area contributed by atoms with Crippen LogP contribution in [0, 0.1) is 0 Å². The second-order valence-corrected chi connectivity index (χ2v) is 3.65. The largest absolute Gasteiger partial charge is 0.497 e. The summed E-state index contributed by atoms with van der Waals surface area (Å²) in [5.74, 6) is 0.295. The van der Waals surface area contributed by atoms with Crippen molar-refractivity contribution in [3.8, 4) is 5.75 Å². The van der Waals surface area contributed by atoms with E-state index in [1.807, 2.05) is 0 Å². The summed E-state index contributed by atoms with van der Waals surface area (Å²) in [6, 6.07) is 7.05. The first-order valence-electron chi connectivity index (χ1n) is 5.13. The Labute approximate surface area is 95.3 Å². The standard InChI is InChI=1S/C12H17NO3/c1-4-16-11(14)12(2,13)9-5-7-10(15-3)8-6-9/h5-8H,4,13H2,1-3H3/t12-/m0/s1. The molecule has 4 heteroatoms. The number of carbonyl (C=O) groups excluding carboxylic acids is 1. The monoisotopic (exact) mass is 223 g/mol. The molecule has 0 saturated heterocycles. The fourth-order valence-corrected chi connectivity index (χ4v) is 1.34. The molecule has 0 aliphatic rings. The predicted molar refractivity (Wildman–Crippen MR) is 61.2 cm³/mol. The van der Waals surface area contributed by atoms with E-state index in [1.165, 1.54) is 0 Å². The normalized spacial score (nSPS) is 14.0. The first-order valence-corrected chi connectivity index (χ1v) is 5.13. The highest BCUT2D eigenvalue weighted by Crippen LogP contribution is 2.22. The van der Waals surface area contributed by atoms with Gasteiger partial charge in [-0.3, -0.25) is 0 Å². The lowest BCUT2D eigenvalue weighted by Crippen LogP contribution is -2.43. The third-order valence-corrected chi connectivity index (χ3v) is 2.39. The fourth-order valence-electron chi connectivity index (χ4n) is 1.34. The molecule has 0 unspecified atom stereocenters. The zero-order valence-corrected chi connectivity index (χ0v) is 9.82. The molecule has 88 valence electrons. The minimum absolute atomic E-state index is 0.321. The predicted octanol–water partition coefficient (Wildman–Crippen LogP) is 1.43. The van der Waals surface area contributed by atoms with Crippen LogP contribution in [0.2, 0.25) is 0 Å². The average molecular weight is 223 g/mol. The summed E-state index contributed by atoms with van der Waals surface area (Å²) in [6.45, 7) is 3.70. The van der Waals surface area contributed by atoms with Crippen LogP contribution in [-0.4, -0.2) is 19.7 Å². The molecular weight excluding hydrogens is 206 g/mol. The second-order valence-electron chi connectivity index (χ2n) is 3.65. The van der Waals surface area contributed by atoms with E-state index < -0.39 is 11.5 Å². The van der Waals surface area contributed by atoms with Crippen molar-refractivity contribution in [2.75, 3.05) is 13.7 Å². The molecule has 0 radical (unpaired) electrons. The number of carbonyl (C=O) groups is 1. The SMILES string of the molecule is CCOC(=O)[C@@](C)(N)c1ccc(OC)cc1. The molecule has 4 nitrogen and oxygen atoms in total. The van der Waals surface area contributed by atoms with Crippen LogP contribution in [-0.2, 0) is 15.1 Å². The van der Waals surface area contributed by atoms with Crippen molar-refractivity contribution in [2.45, 2.75) is 19.4 Å². The highest BCUT2D eigenvalue weighted by atomic mass is 16.5. The van der Waals surface area contributed by atoms with Gasteiger partial charge in [0.1, 0.15) is 11.3 Å². The van der Waals surface area contributed by atoms with Crippen LogP contribution in [0.4, 0.5) is 0 Å². The first kappa shape index (κ1) is 12.5. The van der Waals surface area contributed by atoms with Gasteiger partial charge in [0.2, 0.25) is 0 Å². The summed E-state index contributed by atoms with van der Waals surface area (Å²) in [5, 5.41) is 0. The van der Waals surface area contributed by atoms with Gasteiger partial charge in [0.15, 0.2) is 0 Å². The minimum Gasteiger partial charge on any atom is -0.497 e. The zero-order chi connectivity index (χ0) is 12.2. The second kappa shape index (κ2) is 4.99. The van der Waals surface area contributed by atoms with Crippen LogP contribution >= 0.6 is 0 Å². The van der Waals surface area contributed by atoms with Gasteiger partial charge in [0.25, 0.3) is 0 Å². The molecule has 0 aliphatic heterocycles. The van der Waals surface area contributed by atoms with Crippen molar-refractivity contribution in [1.82, 2.24) is 0 Å². The average Bonchev–Trinajstić information content (AvgIpc) is 2.29. The van der Waals surface area contributed by atoms with E-state index in [1.54, 1.807) is 45.2 Å². The van der Waals surface area contributed by atoms with Crippen LogP contribution in [0.3, 0.4) is 0 Å². The van der Waals surface area contributed by atoms with Crippen LogP contribution in [0.1, 0.15) is 19.4 Å². The Balaban J connectivity index is 2.93. The lowest BCUT2D eigenvalue weighted by atomic mass is 9.93. The van der Waals surface area contributed by atoms with Crippen LogP contribution < -0.4 is 10.5 Å². The Bertz CT molecular complexity index is 357. The van der Waals surface area contributed by atoms with Gasteiger partial charge >= 0.3 is 5.97 Å². The van der Waals surface area contributed by atoms with Gasteiger partial charge in [-0.05, 0) is 31.5 Å². The summed E-state index contributed by atoms with van der Waals surface area (Å²) >= 11 is 0. The molecule has 0 aliphatic carbocycles. The molecule has 0 fully saturated rings. The highest BCUT2D eigenvalue weighted by Gasteiger charge is 2.31. The molecule has 16 heavy (non-hydrogen) atoms. The molecule has 1 rings (SSSR count). The molecule has 1 aromatic carbocycles. The van der Waals surface area contributed by atoms with E-state index in [-0.39, 0.29) is 0 Å². The smallest absolute Gasteiger partial charge is 0.330 e. The zero-order valence-electron chi connectivity index (χ0n) is 9.82. The molecule has 0 bridgehead atoms. The maximum atomic E-state index is 11.6. The molecule has 2 N–H and O–H groups in total. The third kappa shape index (κ3) is 2.52. The van der Waals surface area contributed by atoms with Crippen LogP contribution in [0.5, 0.6) is 5.75 Å². The minimum atomic E-state index is -1.12. The summed E-state index contributed by atoms with van der Waals surface area (Å²) in [4.78, 5) is 11.6. The van der Waals surface area contributed by atoms with Gasteiger partial charge in [0, 0.05) is 0 Å². The molecule has 0 spiro atoms. The van der Waals surface area contributed by atoms with E-state index in [0.717, 1.165) is 5.75 Å². The number of hydrogen-bond donors (Lipinski definition) is 1. The molecule has 0 aromatic heterocycles. The highest BCUT2D eigenvalue weighted by molar-refractivity contribution is 5.81. The van der Waals surface area contributed by atoms with E-state index in [0.29, 0.717) is 12.2 Å². The Morgan fingerprint density at radius 2 is 1.94 bits per heavy atom. The number of benzene rings is 1. The number of rotatable bonds is 4. The molecule has 0 heterocycles. The summed E-state index contributed by atoms with van der Waals surface area (Å²) < 4.78 is 9.96. The van der Waals surface area contributed by atoms with Gasteiger partial charge in [-0.1, -0.05) is 12.1 Å². The summed E-state index contributed by atoms with van der Waals surface area (Å²) in [7, 11) is 1.59. The maximum absolute atomic E-state index is 11.6. The Morgan fingerprint density at radius 3 is 2.38 bits per heavy atom. The molecular formula is C12H17NO3. The molecule has 0 amide bonds. The van der Waals surface area contributed by atoms with E-state index in [2.05, 4.69) is 0 Å². The van der Waals surface area contributed by atoms with Gasteiger partial charge in [-0.25, -0.2) is 4.79 Å². The topological polar surface area (TPSA) is 61.5 Å². The van der Waals surface area contributed by atoms with E-state index in [9.17, 15) is 4.79 Å². The number of nitrogens with two attached hydrogens (primary N) is 1. The van der Waals surface area contributed by atoms with Crippen molar-refractivity contribution in [2.24, 2.45) is 5.73 Å². The summed E-state index contributed by atoms with van der Waals surface area (Å²) in [6.07, 6.45) is 0. The van der Waals surface area contributed by atoms with Gasteiger partial charge < -0.3 is 15.2 Å². The fraction of sp³-hybridized carbons (Fsp3) is 0.417. The Kier molecular flexibility index (Phi) is 3.90. The van der Waals surface area contributed by atoms with E-state index >= 15 is 0 Å². The quantitative estimate of drug-likeness (QED) is 0.784. The number of methoxy groups -OCH3 is 1. The Hall–Kier alpha value is -1.55. The van der Waals surface area contributed by atoms with E-state index in [4.69, 9.17) is 15.2 Å². The first-order chi connectivity index (χ1) is 7.52. The van der Waals surface area contributed by atoms with Crippen molar-refractivity contribution >= 4 is 5.97 Å². The van der Waals surface area contributed by atoms with Crippen molar-refractivity contribution in [1.29, 1.82) is 0 Å². The van der Waals surface area contributed by atoms with Crippen molar-refractivity contribution < 1.29 is 14.3 Å². The lowest BCUT2D eigenvalue weighted by molar-refractivity contribution is -0.149. The van der Waals surface area contributed by atoms with Gasteiger partial charge in [-0.15, -0.1) is 0 Å². The number of ether oxygens (including phenoxy) is 2. The summed E-state index contributed by atoms with van der Waals surface area (Å²) in [5.41, 5.74) is 5.52. The number of esters is 1. The van der Waals surface area contributed by atoms with Gasteiger partial charge in [-0.2, -0.15) is 0 Å². The van der Waals surface area contributed by atoms with Crippen LogP contribution in [0.15, 0.2) is 24.3 Å². The van der Waals surface area contributed by atoms with Crippen LogP contribution in [0.25, 0.3) is 0 Å². The van der Waals surface area contributed by atoms with Crippen molar-refractivity contribution in [3.05, 3.63) is 29.8 Å². The van der Waals surface area contributed by atoms with Crippen molar-refractivity contribution in [3.63, 3.8) is 0 Å². The molecule has 0 saturated carbocycles. The Morgan fingerprint density at radius 1 is 1.38 bits per heavy atom. The lowest BCUT2D eigenvalue weighted by Gasteiger charge is -2.22. The third-order valence-electron chi connectivity index (χ3n) is 2.39. The van der Waals surface area contributed by atoms with Gasteiger partial charge in [0.05, 0.1) is 13.7 Å².